The number of amides is 1. The lowest BCUT2D eigenvalue weighted by atomic mass is 9.78. The molecule has 5 heteroatoms. The molecule has 1 amide bonds. The first-order valence-electron chi connectivity index (χ1n) is 8.68. The molecular weight excluding hydrogens is 334 g/mol. The fraction of sp³-hybridized carbons (Fsp3) is 0.450. The maximum absolute atomic E-state index is 12.3. The number of benzene rings is 1. The van der Waals surface area contributed by atoms with Gasteiger partial charge in [-0.2, -0.15) is 0 Å². The van der Waals surface area contributed by atoms with E-state index in [-0.39, 0.29) is 11.3 Å². The minimum atomic E-state index is -0.00926. The van der Waals surface area contributed by atoms with Gasteiger partial charge in [0.15, 0.2) is 11.5 Å². The fourth-order valence-electron chi connectivity index (χ4n) is 3.69. The molecule has 1 fully saturated rings. The van der Waals surface area contributed by atoms with Crippen molar-refractivity contribution in [2.75, 3.05) is 20.8 Å². The molecule has 0 unspecified atom stereocenters. The van der Waals surface area contributed by atoms with Gasteiger partial charge in [-0.25, -0.2) is 0 Å². The van der Waals surface area contributed by atoms with E-state index in [2.05, 4.69) is 17.4 Å². The maximum Gasteiger partial charge on any atom is 0.225 e. The van der Waals surface area contributed by atoms with Crippen LogP contribution in [-0.4, -0.2) is 26.7 Å². The van der Waals surface area contributed by atoms with Crippen LogP contribution in [0.3, 0.4) is 0 Å². The summed E-state index contributed by atoms with van der Waals surface area (Å²) in [4.78, 5) is 13.4. The van der Waals surface area contributed by atoms with Crippen molar-refractivity contribution in [2.24, 2.45) is 0 Å². The highest BCUT2D eigenvalue weighted by atomic mass is 32.1. The zero-order valence-corrected chi connectivity index (χ0v) is 15.7. The van der Waals surface area contributed by atoms with Gasteiger partial charge >= 0.3 is 0 Å². The molecule has 0 saturated heterocycles. The molecular formula is C20H25NO3S. The Morgan fingerprint density at radius 1 is 1.16 bits per heavy atom. The number of methoxy groups -OCH3 is 2. The van der Waals surface area contributed by atoms with Gasteiger partial charge in [-0.15, -0.1) is 11.3 Å². The quantitative estimate of drug-likeness (QED) is 0.815. The summed E-state index contributed by atoms with van der Waals surface area (Å²) in [5.74, 6) is 1.58. The minimum Gasteiger partial charge on any atom is -0.493 e. The summed E-state index contributed by atoms with van der Waals surface area (Å²) in [6.45, 7) is 0.673. The molecule has 0 atom stereocenters. The third kappa shape index (κ3) is 3.98. The van der Waals surface area contributed by atoms with Gasteiger partial charge in [0.05, 0.1) is 20.6 Å². The second-order valence-corrected chi connectivity index (χ2v) is 7.62. The molecule has 1 aliphatic carbocycles. The molecule has 1 aromatic heterocycles. The number of hydrogen-bond donors (Lipinski definition) is 1. The van der Waals surface area contributed by atoms with Gasteiger partial charge in [0.2, 0.25) is 5.91 Å². The Hall–Kier alpha value is -2.01. The van der Waals surface area contributed by atoms with E-state index in [1.165, 1.54) is 18.4 Å². The van der Waals surface area contributed by atoms with Gasteiger partial charge in [0.1, 0.15) is 0 Å². The van der Waals surface area contributed by atoms with Crippen molar-refractivity contribution in [2.45, 2.75) is 37.5 Å². The molecule has 134 valence electrons. The molecule has 1 N–H and O–H groups in total. The molecule has 0 bridgehead atoms. The highest BCUT2D eigenvalue weighted by molar-refractivity contribution is 7.10. The smallest absolute Gasteiger partial charge is 0.225 e. The summed E-state index contributed by atoms with van der Waals surface area (Å²) >= 11 is 1.62. The minimum absolute atomic E-state index is 0.00926. The van der Waals surface area contributed by atoms with Crippen LogP contribution in [0.15, 0.2) is 35.7 Å². The highest BCUT2D eigenvalue weighted by Crippen LogP contribution is 2.43. The van der Waals surface area contributed by atoms with Gasteiger partial charge in [0, 0.05) is 16.8 Å². The number of hydrogen-bond acceptors (Lipinski definition) is 4. The maximum atomic E-state index is 12.3. The van der Waals surface area contributed by atoms with Gasteiger partial charge in [-0.3, -0.25) is 4.79 Å². The van der Waals surface area contributed by atoms with E-state index in [0.29, 0.717) is 13.0 Å². The lowest BCUT2D eigenvalue weighted by Crippen LogP contribution is -2.39. The van der Waals surface area contributed by atoms with E-state index in [1.54, 1.807) is 25.6 Å². The average molecular weight is 359 g/mol. The standard InChI is InChI=1S/C20H25NO3S/c1-23-17-8-7-15(12-18(17)24-2)20(9-3-4-10-20)14-21-19(22)13-16-6-5-11-25-16/h5-8,11-12H,3-4,9-10,13-14H2,1-2H3,(H,21,22). The fourth-order valence-corrected chi connectivity index (χ4v) is 4.39. The average Bonchev–Trinajstić information content (AvgIpc) is 3.32. The topological polar surface area (TPSA) is 47.6 Å². The van der Waals surface area contributed by atoms with E-state index in [1.807, 2.05) is 23.6 Å². The van der Waals surface area contributed by atoms with Crippen LogP contribution in [-0.2, 0) is 16.6 Å². The summed E-state index contributed by atoms with van der Waals surface area (Å²) < 4.78 is 10.8. The van der Waals surface area contributed by atoms with Gasteiger partial charge in [-0.05, 0) is 42.0 Å². The lowest BCUT2D eigenvalue weighted by Gasteiger charge is -2.30. The monoisotopic (exact) mass is 359 g/mol. The molecule has 0 aliphatic heterocycles. The number of rotatable bonds is 7. The van der Waals surface area contributed by atoms with E-state index in [4.69, 9.17) is 9.47 Å². The zero-order valence-electron chi connectivity index (χ0n) is 14.8. The molecule has 25 heavy (non-hydrogen) atoms. The summed E-state index contributed by atoms with van der Waals surface area (Å²) in [5, 5.41) is 5.17. The van der Waals surface area contributed by atoms with E-state index < -0.39 is 0 Å². The predicted octanol–water partition coefficient (Wildman–Crippen LogP) is 3.94. The molecule has 1 aliphatic rings. The second kappa shape index (κ2) is 7.91. The van der Waals surface area contributed by atoms with Crippen LogP contribution in [0, 0.1) is 0 Å². The zero-order chi connectivity index (χ0) is 17.7. The number of thiophene rings is 1. The molecule has 1 saturated carbocycles. The largest absolute Gasteiger partial charge is 0.493 e. The Morgan fingerprint density at radius 3 is 2.56 bits per heavy atom. The van der Waals surface area contributed by atoms with Crippen molar-refractivity contribution in [3.05, 3.63) is 46.2 Å². The number of nitrogens with one attached hydrogen (secondary N) is 1. The molecule has 0 spiro atoms. The Bertz CT molecular complexity index is 706. The predicted molar refractivity (Wildman–Crippen MR) is 101 cm³/mol. The van der Waals surface area contributed by atoms with Crippen molar-refractivity contribution in [3.63, 3.8) is 0 Å². The summed E-state index contributed by atoms with van der Waals surface area (Å²) in [7, 11) is 3.30. The molecule has 2 aromatic rings. The highest BCUT2D eigenvalue weighted by Gasteiger charge is 2.36. The Balaban J connectivity index is 1.74. The van der Waals surface area contributed by atoms with Crippen molar-refractivity contribution >= 4 is 17.2 Å². The molecule has 4 nitrogen and oxygen atoms in total. The molecule has 0 radical (unpaired) electrons. The van der Waals surface area contributed by atoms with E-state index in [0.717, 1.165) is 29.2 Å². The van der Waals surface area contributed by atoms with Gasteiger partial charge < -0.3 is 14.8 Å². The van der Waals surface area contributed by atoms with Crippen LogP contribution in [0.1, 0.15) is 36.1 Å². The third-order valence-corrected chi connectivity index (χ3v) is 5.97. The van der Waals surface area contributed by atoms with Crippen molar-refractivity contribution in [1.29, 1.82) is 0 Å². The van der Waals surface area contributed by atoms with Crippen LogP contribution in [0.4, 0.5) is 0 Å². The van der Waals surface area contributed by atoms with Gasteiger partial charge in [0.25, 0.3) is 0 Å². The van der Waals surface area contributed by atoms with Gasteiger partial charge in [-0.1, -0.05) is 25.0 Å². The van der Waals surface area contributed by atoms with Crippen LogP contribution >= 0.6 is 11.3 Å². The van der Waals surface area contributed by atoms with Crippen LogP contribution in [0.5, 0.6) is 11.5 Å². The number of ether oxygens (including phenoxy) is 2. The molecule has 3 rings (SSSR count). The molecule has 1 heterocycles. The second-order valence-electron chi connectivity index (χ2n) is 6.59. The number of carbonyl (C=O) groups is 1. The Morgan fingerprint density at radius 2 is 1.92 bits per heavy atom. The summed E-state index contributed by atoms with van der Waals surface area (Å²) in [6.07, 6.45) is 5.01. The Kier molecular flexibility index (Phi) is 5.63. The first-order valence-corrected chi connectivity index (χ1v) is 9.56. The first kappa shape index (κ1) is 17.8. The SMILES string of the molecule is COc1ccc(C2(CNC(=O)Cc3cccs3)CCCC2)cc1OC. The number of carbonyl (C=O) groups excluding carboxylic acids is 1. The normalized spacial score (nSPS) is 15.8. The Labute approximate surface area is 153 Å². The summed E-state index contributed by atoms with van der Waals surface area (Å²) in [5.41, 5.74) is 1.21. The molecule has 1 aromatic carbocycles. The van der Waals surface area contributed by atoms with E-state index in [9.17, 15) is 4.79 Å². The van der Waals surface area contributed by atoms with E-state index >= 15 is 0 Å². The third-order valence-electron chi connectivity index (χ3n) is 5.10. The summed E-state index contributed by atoms with van der Waals surface area (Å²) in [6, 6.07) is 10.1. The van der Waals surface area contributed by atoms with Crippen LogP contribution in [0.2, 0.25) is 0 Å². The first-order chi connectivity index (χ1) is 12.2. The lowest BCUT2D eigenvalue weighted by molar-refractivity contribution is -0.120. The van der Waals surface area contributed by atoms with Crippen LogP contribution < -0.4 is 14.8 Å². The van der Waals surface area contributed by atoms with Crippen molar-refractivity contribution in [3.8, 4) is 11.5 Å². The van der Waals surface area contributed by atoms with Crippen molar-refractivity contribution in [1.82, 2.24) is 5.32 Å². The van der Waals surface area contributed by atoms with Crippen LogP contribution in [0.25, 0.3) is 0 Å². The van der Waals surface area contributed by atoms with Crippen molar-refractivity contribution < 1.29 is 14.3 Å².